The fourth-order valence-electron chi connectivity index (χ4n) is 3.51. The zero-order chi connectivity index (χ0) is 18.4. The molecule has 1 fully saturated rings. The van der Waals surface area contributed by atoms with Gasteiger partial charge in [-0.15, -0.1) is 11.3 Å². The summed E-state index contributed by atoms with van der Waals surface area (Å²) in [6, 6.07) is 6.40. The molecular formula is C20H19FN4OS. The molecule has 5 rings (SSSR count). The van der Waals surface area contributed by atoms with Crippen LogP contribution in [0.3, 0.4) is 0 Å². The molecule has 0 saturated heterocycles. The SMILES string of the molecule is O=c1[nH]c(C2CC2)nc2c1CN(Cc1cnc(-c3ccc(F)cc3)s1)CC2. The lowest BCUT2D eigenvalue weighted by Crippen LogP contribution is -2.35. The Morgan fingerprint density at radius 2 is 2.07 bits per heavy atom. The van der Waals surface area contributed by atoms with E-state index in [2.05, 4.69) is 14.9 Å². The molecule has 7 heteroatoms. The van der Waals surface area contributed by atoms with Crippen molar-refractivity contribution in [1.82, 2.24) is 19.9 Å². The normalized spacial score (nSPS) is 17.1. The molecule has 1 aromatic carbocycles. The average molecular weight is 382 g/mol. The summed E-state index contributed by atoms with van der Waals surface area (Å²) in [5.41, 5.74) is 2.70. The van der Waals surface area contributed by atoms with Crippen LogP contribution in [0.4, 0.5) is 4.39 Å². The van der Waals surface area contributed by atoms with Crippen molar-refractivity contribution < 1.29 is 4.39 Å². The highest BCUT2D eigenvalue weighted by Crippen LogP contribution is 2.38. The number of aromatic amines is 1. The fraction of sp³-hybridized carbons (Fsp3) is 0.350. The van der Waals surface area contributed by atoms with Crippen LogP contribution in [0.15, 0.2) is 35.3 Å². The highest BCUT2D eigenvalue weighted by Gasteiger charge is 2.29. The van der Waals surface area contributed by atoms with Gasteiger partial charge in [-0.3, -0.25) is 9.69 Å². The molecule has 1 saturated carbocycles. The molecule has 0 spiro atoms. The van der Waals surface area contributed by atoms with E-state index < -0.39 is 0 Å². The molecule has 2 aliphatic rings. The predicted octanol–water partition coefficient (Wildman–Crippen LogP) is 3.47. The minimum Gasteiger partial charge on any atom is -0.310 e. The summed E-state index contributed by atoms with van der Waals surface area (Å²) in [5, 5.41) is 0.885. The smallest absolute Gasteiger partial charge is 0.255 e. The van der Waals surface area contributed by atoms with E-state index in [4.69, 9.17) is 4.98 Å². The Kier molecular flexibility index (Phi) is 4.13. The summed E-state index contributed by atoms with van der Waals surface area (Å²) in [7, 11) is 0. The molecule has 138 valence electrons. The summed E-state index contributed by atoms with van der Waals surface area (Å²) in [6.07, 6.45) is 4.95. The van der Waals surface area contributed by atoms with Crippen LogP contribution in [0.5, 0.6) is 0 Å². The number of H-pyrrole nitrogens is 1. The molecule has 0 atom stereocenters. The Morgan fingerprint density at radius 1 is 1.26 bits per heavy atom. The summed E-state index contributed by atoms with van der Waals surface area (Å²) in [6.45, 7) is 2.26. The number of aromatic nitrogens is 3. The highest BCUT2D eigenvalue weighted by molar-refractivity contribution is 7.15. The van der Waals surface area contributed by atoms with Gasteiger partial charge in [0, 0.05) is 48.6 Å². The summed E-state index contributed by atoms with van der Waals surface area (Å²) < 4.78 is 13.1. The summed E-state index contributed by atoms with van der Waals surface area (Å²) >= 11 is 1.61. The van der Waals surface area contributed by atoms with E-state index in [1.807, 2.05) is 6.20 Å². The second-order valence-corrected chi connectivity index (χ2v) is 8.37. The summed E-state index contributed by atoms with van der Waals surface area (Å²) in [4.78, 5) is 28.0. The van der Waals surface area contributed by atoms with Crippen molar-refractivity contribution >= 4 is 11.3 Å². The van der Waals surface area contributed by atoms with Gasteiger partial charge in [-0.2, -0.15) is 0 Å². The Morgan fingerprint density at radius 3 is 2.85 bits per heavy atom. The lowest BCUT2D eigenvalue weighted by molar-refractivity contribution is 0.243. The van der Waals surface area contributed by atoms with Crippen LogP contribution in [0.2, 0.25) is 0 Å². The zero-order valence-corrected chi connectivity index (χ0v) is 15.6. The number of thiazole rings is 1. The molecule has 1 aliphatic heterocycles. The maximum atomic E-state index is 13.1. The number of hydrogen-bond donors (Lipinski definition) is 1. The van der Waals surface area contributed by atoms with Gasteiger partial charge in [-0.25, -0.2) is 14.4 Å². The molecule has 0 amide bonds. The Bertz CT molecular complexity index is 1040. The van der Waals surface area contributed by atoms with Crippen molar-refractivity contribution in [2.45, 2.75) is 38.3 Å². The zero-order valence-electron chi connectivity index (χ0n) is 14.7. The number of fused-ring (bicyclic) bond motifs is 1. The van der Waals surface area contributed by atoms with Gasteiger partial charge in [0.15, 0.2) is 0 Å². The molecule has 3 aromatic rings. The molecule has 27 heavy (non-hydrogen) atoms. The number of benzene rings is 1. The van der Waals surface area contributed by atoms with Crippen LogP contribution in [0.1, 0.15) is 40.7 Å². The Labute approximate surface area is 159 Å². The first kappa shape index (κ1) is 16.8. The molecule has 0 radical (unpaired) electrons. The van der Waals surface area contributed by atoms with Crippen molar-refractivity contribution in [1.29, 1.82) is 0 Å². The molecule has 3 heterocycles. The third-order valence-electron chi connectivity index (χ3n) is 5.15. The number of rotatable bonds is 4. The monoisotopic (exact) mass is 382 g/mol. The first-order valence-corrected chi connectivity index (χ1v) is 10.0. The minimum absolute atomic E-state index is 0.0166. The molecular weight excluding hydrogens is 363 g/mol. The highest BCUT2D eigenvalue weighted by atomic mass is 32.1. The number of nitrogens with zero attached hydrogens (tertiary/aromatic N) is 3. The Hall–Kier alpha value is -2.38. The van der Waals surface area contributed by atoms with E-state index in [1.165, 1.54) is 12.1 Å². The maximum absolute atomic E-state index is 13.1. The molecule has 1 aliphatic carbocycles. The van der Waals surface area contributed by atoms with E-state index in [0.29, 0.717) is 12.5 Å². The van der Waals surface area contributed by atoms with E-state index in [1.54, 1.807) is 23.5 Å². The second-order valence-electron chi connectivity index (χ2n) is 7.25. The van der Waals surface area contributed by atoms with Crippen molar-refractivity contribution in [3.05, 3.63) is 68.6 Å². The van der Waals surface area contributed by atoms with E-state index in [9.17, 15) is 9.18 Å². The first-order chi connectivity index (χ1) is 13.2. The number of halogens is 1. The number of hydrogen-bond acceptors (Lipinski definition) is 5. The third-order valence-corrected chi connectivity index (χ3v) is 6.19. The van der Waals surface area contributed by atoms with Crippen LogP contribution < -0.4 is 5.56 Å². The largest absolute Gasteiger partial charge is 0.310 e. The van der Waals surface area contributed by atoms with Crippen molar-refractivity contribution in [3.8, 4) is 10.6 Å². The van der Waals surface area contributed by atoms with Crippen LogP contribution in [0, 0.1) is 5.82 Å². The van der Waals surface area contributed by atoms with Crippen molar-refractivity contribution in [2.75, 3.05) is 6.54 Å². The van der Waals surface area contributed by atoms with E-state index >= 15 is 0 Å². The van der Waals surface area contributed by atoms with Crippen LogP contribution in [0.25, 0.3) is 10.6 Å². The molecule has 0 bridgehead atoms. The molecule has 1 N–H and O–H groups in total. The van der Waals surface area contributed by atoms with Gasteiger partial charge in [0.05, 0.1) is 11.3 Å². The second kappa shape index (κ2) is 6.65. The van der Waals surface area contributed by atoms with Crippen molar-refractivity contribution in [3.63, 3.8) is 0 Å². The van der Waals surface area contributed by atoms with Gasteiger partial charge in [0.25, 0.3) is 5.56 Å². The summed E-state index contributed by atoms with van der Waals surface area (Å²) in [5.74, 6) is 1.09. The van der Waals surface area contributed by atoms with E-state index in [0.717, 1.165) is 64.9 Å². The lowest BCUT2D eigenvalue weighted by atomic mass is 10.1. The topological polar surface area (TPSA) is 61.9 Å². The lowest BCUT2D eigenvalue weighted by Gasteiger charge is -2.27. The standard InChI is InChI=1S/C20H19FN4OS/c21-14-5-3-13(4-6-14)20-22-9-15(27-20)10-25-8-7-17-16(11-25)19(26)24-18(23-17)12-1-2-12/h3-6,9,12H,1-2,7-8,10-11H2,(H,23,24,26). The predicted molar refractivity (Wildman–Crippen MR) is 102 cm³/mol. The van der Waals surface area contributed by atoms with Crippen LogP contribution >= 0.6 is 11.3 Å². The first-order valence-electron chi connectivity index (χ1n) is 9.20. The Balaban J connectivity index is 1.31. The van der Waals surface area contributed by atoms with Gasteiger partial charge in [-0.1, -0.05) is 0 Å². The van der Waals surface area contributed by atoms with Gasteiger partial charge in [0.2, 0.25) is 0 Å². The number of nitrogens with one attached hydrogen (secondary N) is 1. The van der Waals surface area contributed by atoms with Gasteiger partial charge in [-0.05, 0) is 37.1 Å². The fourth-order valence-corrected chi connectivity index (χ4v) is 4.47. The average Bonchev–Trinajstić information content (AvgIpc) is 3.42. The molecule has 5 nitrogen and oxygen atoms in total. The third kappa shape index (κ3) is 3.44. The quantitative estimate of drug-likeness (QED) is 0.751. The van der Waals surface area contributed by atoms with Crippen LogP contribution in [-0.2, 0) is 19.5 Å². The van der Waals surface area contributed by atoms with Gasteiger partial charge >= 0.3 is 0 Å². The van der Waals surface area contributed by atoms with Gasteiger partial charge < -0.3 is 4.98 Å². The minimum atomic E-state index is -0.244. The maximum Gasteiger partial charge on any atom is 0.255 e. The van der Waals surface area contributed by atoms with Gasteiger partial charge in [0.1, 0.15) is 16.6 Å². The molecule has 0 unspecified atom stereocenters. The van der Waals surface area contributed by atoms with Crippen LogP contribution in [-0.4, -0.2) is 26.4 Å². The van der Waals surface area contributed by atoms with E-state index in [-0.39, 0.29) is 11.4 Å². The molecule has 2 aromatic heterocycles. The van der Waals surface area contributed by atoms with Crippen molar-refractivity contribution in [2.24, 2.45) is 0 Å².